The van der Waals surface area contributed by atoms with E-state index in [4.69, 9.17) is 4.74 Å². The normalized spacial score (nSPS) is 12.0. The molecular weight excluding hydrogens is 338 g/mol. The van der Waals surface area contributed by atoms with Crippen LogP contribution in [0.3, 0.4) is 0 Å². The molecule has 0 radical (unpaired) electrons. The number of H-pyrrole nitrogens is 1. The lowest BCUT2D eigenvalue weighted by molar-refractivity contribution is -0.131. The monoisotopic (exact) mass is 357 g/mol. The highest BCUT2D eigenvalue weighted by Gasteiger charge is 2.13. The lowest BCUT2D eigenvalue weighted by Gasteiger charge is -2.12. The molecule has 1 aromatic carbocycles. The van der Waals surface area contributed by atoms with Gasteiger partial charge >= 0.3 is 5.97 Å². The minimum absolute atomic E-state index is 0.307. The molecule has 2 heterocycles. The first-order valence-electron chi connectivity index (χ1n) is 8.04. The minimum Gasteiger partial charge on any atom is -0.426 e. The zero-order valence-corrected chi connectivity index (χ0v) is 14.4. The second-order valence-corrected chi connectivity index (χ2v) is 5.69. The number of benzene rings is 1. The van der Waals surface area contributed by atoms with Crippen molar-refractivity contribution >= 4 is 28.9 Å². The zero-order valence-electron chi connectivity index (χ0n) is 14.4. The van der Waals surface area contributed by atoms with E-state index in [1.54, 1.807) is 19.1 Å². The van der Waals surface area contributed by atoms with Crippen molar-refractivity contribution in [2.45, 2.75) is 26.5 Å². The summed E-state index contributed by atoms with van der Waals surface area (Å²) in [7, 11) is 0. The van der Waals surface area contributed by atoms with Crippen LogP contribution in [0, 0.1) is 0 Å². The van der Waals surface area contributed by atoms with Crippen LogP contribution in [-0.4, -0.2) is 49.1 Å². The van der Waals surface area contributed by atoms with E-state index < -0.39 is 6.10 Å². The quantitative estimate of drug-likeness (QED) is 0.361. The average molecular weight is 357 g/mol. The Morgan fingerprint density at radius 1 is 1.31 bits per heavy atom. The highest BCUT2D eigenvalue weighted by atomic mass is 16.5. The van der Waals surface area contributed by atoms with Gasteiger partial charge in [-0.3, -0.25) is 4.79 Å². The number of ether oxygens (including phenoxy) is 1. The Morgan fingerprint density at radius 3 is 2.88 bits per heavy atom. The third kappa shape index (κ3) is 4.22. The van der Waals surface area contributed by atoms with Gasteiger partial charge in [0.2, 0.25) is 5.95 Å². The van der Waals surface area contributed by atoms with Crippen molar-refractivity contribution in [2.75, 3.05) is 17.2 Å². The fourth-order valence-electron chi connectivity index (χ4n) is 2.27. The van der Waals surface area contributed by atoms with Gasteiger partial charge in [-0.25, -0.2) is 5.10 Å². The summed E-state index contributed by atoms with van der Waals surface area (Å²) in [5.74, 6) is 0.892. The number of aromatic nitrogens is 5. The molecular formula is C16H19N7O3. The van der Waals surface area contributed by atoms with E-state index in [0.717, 1.165) is 5.56 Å². The van der Waals surface area contributed by atoms with E-state index in [1.165, 1.54) is 6.92 Å². The molecule has 0 saturated heterocycles. The molecule has 10 heteroatoms. The van der Waals surface area contributed by atoms with Crippen LogP contribution in [0.5, 0.6) is 5.75 Å². The lowest BCUT2D eigenvalue weighted by atomic mass is 10.2. The first kappa shape index (κ1) is 17.5. The standard InChI is InChI=1S/C16H19N7O3/c1-9(24)7-18-16-19-14(13-15(20-16)22-23-21-13)17-8-11-5-3-4-6-12(11)26-10(2)25/h3-6,9,24H,7-8H2,1-2H3,(H3,17,18,19,20,21,22,23). The molecule has 0 bridgehead atoms. The SMILES string of the molecule is CC(=O)Oc1ccccc1CNc1nc(NCC(C)O)nc2[nH]nnc12. The predicted octanol–water partition coefficient (Wildman–Crippen LogP) is 1.08. The number of hydrogen-bond acceptors (Lipinski definition) is 9. The number of carbonyl (C=O) groups excluding carboxylic acids is 1. The van der Waals surface area contributed by atoms with Crippen LogP contribution in [0.25, 0.3) is 11.2 Å². The number of anilines is 2. The van der Waals surface area contributed by atoms with Gasteiger partial charge in [0.25, 0.3) is 0 Å². The molecule has 1 atom stereocenters. The van der Waals surface area contributed by atoms with E-state index in [1.807, 2.05) is 12.1 Å². The maximum absolute atomic E-state index is 11.2. The maximum Gasteiger partial charge on any atom is 0.308 e. The number of nitrogens with one attached hydrogen (secondary N) is 3. The van der Waals surface area contributed by atoms with Gasteiger partial charge in [0, 0.05) is 25.6 Å². The predicted molar refractivity (Wildman–Crippen MR) is 94.7 cm³/mol. The maximum atomic E-state index is 11.2. The van der Waals surface area contributed by atoms with E-state index in [0.29, 0.717) is 41.8 Å². The molecule has 1 unspecified atom stereocenters. The number of rotatable bonds is 7. The number of carbonyl (C=O) groups is 1. The first-order chi connectivity index (χ1) is 12.5. The highest BCUT2D eigenvalue weighted by Crippen LogP contribution is 2.22. The third-order valence-electron chi connectivity index (χ3n) is 3.42. The second-order valence-electron chi connectivity index (χ2n) is 5.69. The molecule has 26 heavy (non-hydrogen) atoms. The lowest BCUT2D eigenvalue weighted by Crippen LogP contribution is -2.17. The van der Waals surface area contributed by atoms with Crippen LogP contribution < -0.4 is 15.4 Å². The molecule has 3 aromatic rings. The summed E-state index contributed by atoms with van der Waals surface area (Å²) >= 11 is 0. The van der Waals surface area contributed by atoms with Crippen LogP contribution >= 0.6 is 0 Å². The van der Waals surface area contributed by atoms with Gasteiger partial charge in [-0.05, 0) is 13.0 Å². The van der Waals surface area contributed by atoms with Gasteiger partial charge in [0.15, 0.2) is 17.0 Å². The number of esters is 1. The number of aliphatic hydroxyl groups is 1. The van der Waals surface area contributed by atoms with Gasteiger partial charge in [0.05, 0.1) is 6.10 Å². The third-order valence-corrected chi connectivity index (χ3v) is 3.42. The van der Waals surface area contributed by atoms with Crippen molar-refractivity contribution in [1.82, 2.24) is 25.4 Å². The fraction of sp³-hybridized carbons (Fsp3) is 0.312. The Balaban J connectivity index is 1.82. The Hall–Kier alpha value is -3.27. The Kier molecular flexibility index (Phi) is 5.23. The van der Waals surface area contributed by atoms with E-state index in [9.17, 15) is 9.90 Å². The topological polar surface area (TPSA) is 138 Å². The van der Waals surface area contributed by atoms with Crippen molar-refractivity contribution in [2.24, 2.45) is 0 Å². The largest absolute Gasteiger partial charge is 0.426 e. The number of aromatic amines is 1. The highest BCUT2D eigenvalue weighted by molar-refractivity contribution is 5.83. The summed E-state index contributed by atoms with van der Waals surface area (Å²) in [5, 5.41) is 25.9. The molecule has 0 spiro atoms. The summed E-state index contributed by atoms with van der Waals surface area (Å²) in [6, 6.07) is 7.21. The number of nitrogens with zero attached hydrogens (tertiary/aromatic N) is 4. The Morgan fingerprint density at radius 2 is 2.12 bits per heavy atom. The van der Waals surface area contributed by atoms with Gasteiger partial charge in [-0.1, -0.05) is 23.4 Å². The van der Waals surface area contributed by atoms with E-state index in [-0.39, 0.29) is 5.97 Å². The molecule has 0 aliphatic heterocycles. The molecule has 136 valence electrons. The molecule has 4 N–H and O–H groups in total. The van der Waals surface area contributed by atoms with Crippen molar-refractivity contribution in [3.8, 4) is 5.75 Å². The molecule has 0 aliphatic rings. The summed E-state index contributed by atoms with van der Waals surface area (Å²) in [5.41, 5.74) is 1.73. The van der Waals surface area contributed by atoms with Crippen LogP contribution in [0.2, 0.25) is 0 Å². The van der Waals surface area contributed by atoms with Crippen LogP contribution in [0.15, 0.2) is 24.3 Å². The van der Waals surface area contributed by atoms with Crippen LogP contribution in [-0.2, 0) is 11.3 Å². The minimum atomic E-state index is -0.541. The van der Waals surface area contributed by atoms with Crippen molar-refractivity contribution in [3.05, 3.63) is 29.8 Å². The van der Waals surface area contributed by atoms with Gasteiger partial charge in [-0.2, -0.15) is 9.97 Å². The summed E-state index contributed by atoms with van der Waals surface area (Å²) in [6.07, 6.45) is -0.541. The molecule has 2 aromatic heterocycles. The van der Waals surface area contributed by atoms with Gasteiger partial charge in [0.1, 0.15) is 5.75 Å². The molecule has 0 aliphatic carbocycles. The second kappa shape index (κ2) is 7.74. The van der Waals surface area contributed by atoms with E-state index in [2.05, 4.69) is 36.0 Å². The summed E-state index contributed by atoms with van der Waals surface area (Å²) in [6.45, 7) is 3.68. The molecule has 0 amide bonds. The molecule has 10 nitrogen and oxygen atoms in total. The summed E-state index contributed by atoms with van der Waals surface area (Å²) in [4.78, 5) is 19.9. The van der Waals surface area contributed by atoms with Crippen molar-refractivity contribution in [3.63, 3.8) is 0 Å². The molecule has 3 rings (SSSR count). The number of hydrogen-bond donors (Lipinski definition) is 4. The van der Waals surface area contributed by atoms with Crippen LogP contribution in [0.4, 0.5) is 11.8 Å². The van der Waals surface area contributed by atoms with Gasteiger partial charge < -0.3 is 20.5 Å². The summed E-state index contributed by atoms with van der Waals surface area (Å²) < 4.78 is 5.21. The first-order valence-corrected chi connectivity index (χ1v) is 8.04. The smallest absolute Gasteiger partial charge is 0.308 e. The van der Waals surface area contributed by atoms with Crippen LogP contribution in [0.1, 0.15) is 19.4 Å². The number of para-hydroxylation sites is 1. The molecule has 0 fully saturated rings. The Labute approximate surface area is 149 Å². The number of aliphatic hydroxyl groups excluding tert-OH is 1. The van der Waals surface area contributed by atoms with Gasteiger partial charge in [-0.15, -0.1) is 5.10 Å². The Bertz CT molecular complexity index is 910. The van der Waals surface area contributed by atoms with Crippen molar-refractivity contribution < 1.29 is 14.6 Å². The average Bonchev–Trinajstić information content (AvgIpc) is 3.07. The van der Waals surface area contributed by atoms with E-state index >= 15 is 0 Å². The molecule has 0 saturated carbocycles. The van der Waals surface area contributed by atoms with Crippen molar-refractivity contribution in [1.29, 1.82) is 0 Å². The zero-order chi connectivity index (χ0) is 18.5. The number of fused-ring (bicyclic) bond motifs is 1. The fourth-order valence-corrected chi connectivity index (χ4v) is 2.27.